The van der Waals surface area contributed by atoms with Gasteiger partial charge in [-0.3, -0.25) is 9.79 Å². The van der Waals surface area contributed by atoms with Gasteiger partial charge in [0, 0.05) is 37.3 Å². The zero-order valence-electron chi connectivity index (χ0n) is 13.8. The van der Waals surface area contributed by atoms with Gasteiger partial charge in [-0.2, -0.15) is 11.8 Å². The van der Waals surface area contributed by atoms with Crippen molar-refractivity contribution in [3.05, 3.63) is 0 Å². The quantitative estimate of drug-likeness (QED) is 0.495. The minimum absolute atomic E-state index is 0.0885. The summed E-state index contributed by atoms with van der Waals surface area (Å²) in [5, 5.41) is 9.53. The minimum Gasteiger partial charge on any atom is -0.356 e. The summed E-state index contributed by atoms with van der Waals surface area (Å²) in [5.41, 5.74) is 0. The molecule has 0 aliphatic carbocycles. The number of guanidine groups is 1. The Bertz CT molecular complexity index is 354. The molecule has 1 heterocycles. The van der Waals surface area contributed by atoms with Gasteiger partial charge in [0.15, 0.2) is 5.96 Å². The van der Waals surface area contributed by atoms with Crippen molar-refractivity contribution in [1.29, 1.82) is 0 Å². The maximum absolute atomic E-state index is 11.7. The number of thioether (sulfide) groups is 1. The second kappa shape index (κ2) is 9.18. The standard InChI is InChI=1S/C15H30N4OS/c1-5-12(2)19-13(20)7-9-17-14(16-4)18-11-15(3)8-6-10-21-15/h12H,5-11H2,1-4H3,(H,19,20)(H2,16,17,18). The highest BCUT2D eigenvalue weighted by molar-refractivity contribution is 8.00. The summed E-state index contributed by atoms with van der Waals surface area (Å²) >= 11 is 2.03. The Labute approximate surface area is 133 Å². The molecule has 0 saturated carbocycles. The Morgan fingerprint density at radius 1 is 1.43 bits per heavy atom. The molecule has 1 aliphatic heterocycles. The lowest BCUT2D eigenvalue weighted by molar-refractivity contribution is -0.121. The Balaban J connectivity index is 2.21. The molecule has 122 valence electrons. The molecule has 0 aromatic carbocycles. The lowest BCUT2D eigenvalue weighted by Crippen LogP contribution is -2.44. The van der Waals surface area contributed by atoms with Gasteiger partial charge in [0.05, 0.1) is 0 Å². The molecular formula is C15H30N4OS. The number of nitrogens with one attached hydrogen (secondary N) is 3. The number of nitrogens with zero attached hydrogens (tertiary/aromatic N) is 1. The number of carbonyl (C=O) groups is 1. The van der Waals surface area contributed by atoms with Gasteiger partial charge >= 0.3 is 0 Å². The number of amides is 1. The Morgan fingerprint density at radius 2 is 2.19 bits per heavy atom. The summed E-state index contributed by atoms with van der Waals surface area (Å²) in [4.78, 5) is 15.9. The van der Waals surface area contributed by atoms with E-state index in [9.17, 15) is 4.79 Å². The zero-order valence-corrected chi connectivity index (χ0v) is 14.6. The molecule has 1 rings (SSSR count). The minimum atomic E-state index is 0.0885. The Morgan fingerprint density at radius 3 is 2.76 bits per heavy atom. The second-order valence-corrected chi connectivity index (χ2v) is 7.56. The van der Waals surface area contributed by atoms with Crippen LogP contribution in [0.25, 0.3) is 0 Å². The van der Waals surface area contributed by atoms with Crippen LogP contribution in [-0.4, -0.2) is 48.5 Å². The van der Waals surface area contributed by atoms with Gasteiger partial charge < -0.3 is 16.0 Å². The van der Waals surface area contributed by atoms with Crippen LogP contribution in [0.3, 0.4) is 0 Å². The fourth-order valence-electron chi connectivity index (χ4n) is 2.21. The number of hydrogen-bond acceptors (Lipinski definition) is 3. The lowest BCUT2D eigenvalue weighted by Gasteiger charge is -2.24. The SMILES string of the molecule is CCC(C)NC(=O)CCNC(=NC)NCC1(C)CCCS1. The van der Waals surface area contributed by atoms with Gasteiger partial charge in [-0.25, -0.2) is 0 Å². The number of carbonyl (C=O) groups excluding carboxylic acids is 1. The molecule has 1 aliphatic rings. The average Bonchev–Trinajstić information content (AvgIpc) is 2.89. The third kappa shape index (κ3) is 7.07. The summed E-state index contributed by atoms with van der Waals surface area (Å²) in [6, 6.07) is 0.245. The first-order valence-corrected chi connectivity index (χ1v) is 8.85. The van der Waals surface area contributed by atoms with Crippen LogP contribution in [0.4, 0.5) is 0 Å². The first kappa shape index (κ1) is 18.1. The van der Waals surface area contributed by atoms with E-state index in [1.165, 1.54) is 18.6 Å². The van der Waals surface area contributed by atoms with Crippen LogP contribution in [0.15, 0.2) is 4.99 Å². The zero-order chi connectivity index (χ0) is 15.7. The van der Waals surface area contributed by atoms with Crippen molar-refractivity contribution >= 4 is 23.6 Å². The summed E-state index contributed by atoms with van der Waals surface area (Å²) in [7, 11) is 1.76. The van der Waals surface area contributed by atoms with Crippen LogP contribution >= 0.6 is 11.8 Å². The summed E-state index contributed by atoms with van der Waals surface area (Å²) in [6.45, 7) is 7.90. The molecule has 0 spiro atoms. The van der Waals surface area contributed by atoms with Crippen molar-refractivity contribution in [3.8, 4) is 0 Å². The predicted octanol–water partition coefficient (Wildman–Crippen LogP) is 1.74. The fraction of sp³-hybridized carbons (Fsp3) is 0.867. The molecule has 3 N–H and O–H groups in total. The molecule has 2 atom stereocenters. The normalized spacial score (nSPS) is 23.7. The van der Waals surface area contributed by atoms with Crippen molar-refractivity contribution < 1.29 is 4.79 Å². The third-order valence-electron chi connectivity index (χ3n) is 3.82. The smallest absolute Gasteiger partial charge is 0.221 e. The van der Waals surface area contributed by atoms with Crippen LogP contribution in [0.5, 0.6) is 0 Å². The lowest BCUT2D eigenvalue weighted by atomic mass is 10.1. The molecule has 1 saturated heterocycles. The van der Waals surface area contributed by atoms with Gasteiger partial charge in [-0.05, 0) is 38.9 Å². The number of aliphatic imine (C=N–C) groups is 1. The number of rotatable bonds is 7. The van der Waals surface area contributed by atoms with Crippen molar-refractivity contribution in [3.63, 3.8) is 0 Å². The van der Waals surface area contributed by atoms with Gasteiger partial charge in [0.1, 0.15) is 0 Å². The fourth-order valence-corrected chi connectivity index (χ4v) is 3.46. The first-order chi connectivity index (χ1) is 9.99. The largest absolute Gasteiger partial charge is 0.356 e. The van der Waals surface area contributed by atoms with Gasteiger partial charge in [-0.15, -0.1) is 0 Å². The van der Waals surface area contributed by atoms with Crippen molar-refractivity contribution in [1.82, 2.24) is 16.0 Å². The van der Waals surface area contributed by atoms with Crippen molar-refractivity contribution in [2.75, 3.05) is 25.9 Å². The molecule has 6 heteroatoms. The van der Waals surface area contributed by atoms with E-state index < -0.39 is 0 Å². The van der Waals surface area contributed by atoms with E-state index in [0.29, 0.717) is 17.7 Å². The van der Waals surface area contributed by atoms with E-state index in [1.807, 2.05) is 18.7 Å². The molecule has 0 bridgehead atoms. The van der Waals surface area contributed by atoms with Gasteiger partial charge in [-0.1, -0.05) is 6.92 Å². The highest BCUT2D eigenvalue weighted by Gasteiger charge is 2.29. The van der Waals surface area contributed by atoms with Gasteiger partial charge in [0.2, 0.25) is 5.91 Å². The van der Waals surface area contributed by atoms with E-state index >= 15 is 0 Å². The second-order valence-electron chi connectivity index (χ2n) is 5.88. The van der Waals surface area contributed by atoms with Crippen LogP contribution in [0.1, 0.15) is 46.5 Å². The molecule has 1 amide bonds. The highest BCUT2D eigenvalue weighted by atomic mass is 32.2. The molecule has 1 fully saturated rings. The van der Waals surface area contributed by atoms with Crippen LogP contribution in [0, 0.1) is 0 Å². The Kier molecular flexibility index (Phi) is 7.93. The maximum atomic E-state index is 11.7. The summed E-state index contributed by atoms with van der Waals surface area (Å²) in [5.74, 6) is 2.12. The molecular weight excluding hydrogens is 284 g/mol. The molecule has 21 heavy (non-hydrogen) atoms. The molecule has 0 radical (unpaired) electrons. The van der Waals surface area contributed by atoms with E-state index in [4.69, 9.17) is 0 Å². The maximum Gasteiger partial charge on any atom is 0.221 e. The van der Waals surface area contributed by atoms with E-state index in [-0.39, 0.29) is 11.9 Å². The van der Waals surface area contributed by atoms with E-state index in [1.54, 1.807) is 7.05 Å². The molecule has 0 aromatic rings. The highest BCUT2D eigenvalue weighted by Crippen LogP contribution is 2.36. The predicted molar refractivity (Wildman–Crippen MR) is 92.0 cm³/mol. The molecule has 0 aromatic heterocycles. The van der Waals surface area contributed by atoms with E-state index in [0.717, 1.165) is 18.9 Å². The topological polar surface area (TPSA) is 65.5 Å². The van der Waals surface area contributed by atoms with Crippen molar-refractivity contribution in [2.24, 2.45) is 4.99 Å². The third-order valence-corrected chi connectivity index (χ3v) is 5.36. The monoisotopic (exact) mass is 314 g/mol. The van der Waals surface area contributed by atoms with E-state index in [2.05, 4.69) is 34.8 Å². The van der Waals surface area contributed by atoms with Gasteiger partial charge in [0.25, 0.3) is 0 Å². The number of hydrogen-bond donors (Lipinski definition) is 3. The van der Waals surface area contributed by atoms with Crippen molar-refractivity contribution in [2.45, 2.75) is 57.2 Å². The van der Waals surface area contributed by atoms with Crippen LogP contribution in [-0.2, 0) is 4.79 Å². The average molecular weight is 314 g/mol. The Hall–Kier alpha value is -0.910. The first-order valence-electron chi connectivity index (χ1n) is 7.87. The molecule has 5 nitrogen and oxygen atoms in total. The summed E-state index contributed by atoms with van der Waals surface area (Å²) < 4.78 is 0.311. The van der Waals surface area contributed by atoms with Crippen LogP contribution < -0.4 is 16.0 Å². The van der Waals surface area contributed by atoms with Crippen LogP contribution in [0.2, 0.25) is 0 Å². The molecule has 2 unspecified atom stereocenters. The summed E-state index contributed by atoms with van der Waals surface area (Å²) in [6.07, 6.45) is 3.97.